The van der Waals surface area contributed by atoms with Gasteiger partial charge in [-0.3, -0.25) is 9.69 Å². The number of likely N-dealkylation sites (tertiary alicyclic amines) is 1. The highest BCUT2D eigenvalue weighted by Crippen LogP contribution is 2.34. The van der Waals surface area contributed by atoms with Crippen molar-refractivity contribution in [1.82, 2.24) is 9.80 Å². The molecule has 0 aromatic heterocycles. The summed E-state index contributed by atoms with van der Waals surface area (Å²) in [6, 6.07) is 0. The van der Waals surface area contributed by atoms with Crippen LogP contribution in [0.2, 0.25) is 0 Å². The Morgan fingerprint density at radius 3 is 2.32 bits per heavy atom. The van der Waals surface area contributed by atoms with Gasteiger partial charge >= 0.3 is 6.09 Å². The minimum absolute atomic E-state index is 0.0351. The monoisotopic (exact) mass is 268 g/mol. The maximum absolute atomic E-state index is 12.3. The molecule has 0 aromatic carbocycles. The van der Waals surface area contributed by atoms with Gasteiger partial charge in [0.25, 0.3) is 0 Å². The predicted octanol–water partition coefficient (Wildman–Crippen LogP) is 2.24. The van der Waals surface area contributed by atoms with Gasteiger partial charge in [0, 0.05) is 32.3 Å². The van der Waals surface area contributed by atoms with Crippen molar-refractivity contribution < 1.29 is 14.3 Å². The maximum Gasteiger partial charge on any atom is 0.414 e. The van der Waals surface area contributed by atoms with Crippen LogP contribution in [0.4, 0.5) is 4.79 Å². The summed E-state index contributed by atoms with van der Waals surface area (Å²) in [5.74, 6) is -0.0351. The van der Waals surface area contributed by atoms with Crippen LogP contribution in [-0.2, 0) is 9.53 Å². The normalized spacial score (nSPS) is 20.9. The quantitative estimate of drug-likeness (QED) is 0.684. The molecule has 0 unspecified atom stereocenters. The van der Waals surface area contributed by atoms with E-state index >= 15 is 0 Å². The molecular weight excluding hydrogens is 244 g/mol. The molecule has 0 atom stereocenters. The number of allylic oxidation sites excluding steroid dienone is 1. The molecule has 0 aromatic rings. The minimum atomic E-state index is -0.573. The van der Waals surface area contributed by atoms with Crippen LogP contribution in [0.25, 0.3) is 0 Å². The summed E-state index contributed by atoms with van der Waals surface area (Å²) >= 11 is 0. The van der Waals surface area contributed by atoms with Crippen molar-refractivity contribution in [2.45, 2.75) is 40.2 Å². The number of rotatable bonds is 1. The third-order valence-electron chi connectivity index (χ3n) is 2.69. The average molecular weight is 268 g/mol. The molecule has 0 saturated carbocycles. The van der Waals surface area contributed by atoms with Crippen molar-refractivity contribution in [3.05, 3.63) is 11.9 Å². The first-order valence-electron chi connectivity index (χ1n) is 6.37. The fourth-order valence-corrected chi connectivity index (χ4v) is 1.87. The summed E-state index contributed by atoms with van der Waals surface area (Å²) in [7, 11) is 3.64. The van der Waals surface area contributed by atoms with Crippen molar-refractivity contribution in [3.63, 3.8) is 0 Å². The first-order valence-corrected chi connectivity index (χ1v) is 6.37. The van der Waals surface area contributed by atoms with Gasteiger partial charge in [0.15, 0.2) is 5.78 Å². The van der Waals surface area contributed by atoms with Gasteiger partial charge in [-0.2, -0.15) is 0 Å². The predicted molar refractivity (Wildman–Crippen MR) is 73.5 cm³/mol. The van der Waals surface area contributed by atoms with E-state index in [0.717, 1.165) is 0 Å². The van der Waals surface area contributed by atoms with E-state index in [9.17, 15) is 9.59 Å². The second kappa shape index (κ2) is 4.87. The van der Waals surface area contributed by atoms with Crippen LogP contribution in [0.3, 0.4) is 0 Å². The Morgan fingerprint density at radius 2 is 1.89 bits per heavy atom. The van der Waals surface area contributed by atoms with Crippen LogP contribution in [0, 0.1) is 5.41 Å². The molecule has 1 saturated heterocycles. The number of carbonyl (C=O) groups is 2. The second-order valence-electron chi connectivity index (χ2n) is 6.76. The summed E-state index contributed by atoms with van der Waals surface area (Å²) in [6.07, 6.45) is 1.19. The molecule has 0 spiro atoms. The number of nitrogens with zero attached hydrogens (tertiary/aromatic N) is 2. The largest absolute Gasteiger partial charge is 0.443 e. The van der Waals surface area contributed by atoms with Gasteiger partial charge in [0.1, 0.15) is 11.3 Å². The molecule has 19 heavy (non-hydrogen) atoms. The van der Waals surface area contributed by atoms with E-state index < -0.39 is 17.1 Å². The Hall–Kier alpha value is -1.52. The fraction of sp³-hybridized carbons (Fsp3) is 0.714. The summed E-state index contributed by atoms with van der Waals surface area (Å²) in [4.78, 5) is 27.7. The van der Waals surface area contributed by atoms with Gasteiger partial charge in [-0.1, -0.05) is 13.8 Å². The molecule has 1 rings (SSSR count). The Labute approximate surface area is 115 Å². The number of amides is 1. The van der Waals surface area contributed by atoms with Crippen molar-refractivity contribution in [1.29, 1.82) is 0 Å². The molecule has 5 nitrogen and oxygen atoms in total. The van der Waals surface area contributed by atoms with E-state index in [0.29, 0.717) is 12.2 Å². The van der Waals surface area contributed by atoms with E-state index in [1.165, 1.54) is 4.90 Å². The summed E-state index contributed by atoms with van der Waals surface area (Å²) in [5.41, 5.74) is -0.751. The lowest BCUT2D eigenvalue weighted by atomic mass is 9.91. The first kappa shape index (κ1) is 15.5. The number of hydrogen-bond donors (Lipinski definition) is 0. The van der Waals surface area contributed by atoms with E-state index in [-0.39, 0.29) is 5.78 Å². The van der Waals surface area contributed by atoms with Crippen LogP contribution < -0.4 is 0 Å². The SMILES string of the molecule is CN(C)/C=C1/C(=O)C(C)(C)CN1C(=O)OC(C)(C)C. The lowest BCUT2D eigenvalue weighted by molar-refractivity contribution is -0.121. The molecule has 1 aliphatic rings. The van der Waals surface area contributed by atoms with Crippen LogP contribution in [0.1, 0.15) is 34.6 Å². The van der Waals surface area contributed by atoms with Gasteiger partial charge < -0.3 is 9.64 Å². The number of ketones is 1. The molecule has 1 heterocycles. The molecule has 0 bridgehead atoms. The van der Waals surface area contributed by atoms with E-state index in [4.69, 9.17) is 4.74 Å². The Balaban J connectivity index is 3.05. The highest BCUT2D eigenvalue weighted by Gasteiger charge is 2.45. The molecular formula is C14H24N2O3. The number of hydrogen-bond acceptors (Lipinski definition) is 4. The van der Waals surface area contributed by atoms with Gasteiger partial charge in [0.2, 0.25) is 0 Å². The van der Waals surface area contributed by atoms with Gasteiger partial charge in [-0.15, -0.1) is 0 Å². The zero-order valence-corrected chi connectivity index (χ0v) is 12.9. The molecule has 1 amide bonds. The van der Waals surface area contributed by atoms with Gasteiger partial charge in [0.05, 0.1) is 0 Å². The average Bonchev–Trinajstić information content (AvgIpc) is 2.38. The van der Waals surface area contributed by atoms with Crippen molar-refractivity contribution in [2.24, 2.45) is 5.41 Å². The molecule has 1 fully saturated rings. The van der Waals surface area contributed by atoms with Crippen molar-refractivity contribution >= 4 is 11.9 Å². The van der Waals surface area contributed by atoms with Crippen LogP contribution in [0.5, 0.6) is 0 Å². The molecule has 1 aliphatic heterocycles. The second-order valence-corrected chi connectivity index (χ2v) is 6.76. The number of ether oxygens (including phenoxy) is 1. The fourth-order valence-electron chi connectivity index (χ4n) is 1.87. The lowest BCUT2D eigenvalue weighted by Gasteiger charge is -2.25. The smallest absolute Gasteiger partial charge is 0.414 e. The minimum Gasteiger partial charge on any atom is -0.443 e. The standard InChI is InChI=1S/C14H24N2O3/c1-13(2,3)19-12(18)16-9-14(4,5)11(17)10(16)8-15(6)7/h8H,9H2,1-7H3/b10-8-. The van der Waals surface area contributed by atoms with Gasteiger partial charge in [-0.05, 0) is 20.8 Å². The van der Waals surface area contributed by atoms with Crippen LogP contribution in [-0.4, -0.2) is 47.9 Å². The van der Waals surface area contributed by atoms with Crippen molar-refractivity contribution in [2.75, 3.05) is 20.6 Å². The topological polar surface area (TPSA) is 49.9 Å². The molecule has 0 N–H and O–H groups in total. The Kier molecular flexibility index (Phi) is 3.98. The van der Waals surface area contributed by atoms with E-state index in [2.05, 4.69) is 0 Å². The molecule has 108 valence electrons. The highest BCUT2D eigenvalue weighted by atomic mass is 16.6. The van der Waals surface area contributed by atoms with Crippen LogP contribution in [0.15, 0.2) is 11.9 Å². The zero-order valence-electron chi connectivity index (χ0n) is 12.9. The number of Topliss-reactive ketones (excluding diaryl/α,β-unsaturated/α-hetero) is 1. The molecule has 0 aliphatic carbocycles. The summed E-state index contributed by atoms with van der Waals surface area (Å²) < 4.78 is 5.35. The Bertz CT molecular complexity index is 417. The first-order chi connectivity index (χ1) is 8.44. The lowest BCUT2D eigenvalue weighted by Crippen LogP contribution is -2.35. The van der Waals surface area contributed by atoms with Crippen LogP contribution >= 0.6 is 0 Å². The van der Waals surface area contributed by atoms with E-state index in [1.54, 1.807) is 11.1 Å². The third kappa shape index (κ3) is 3.72. The zero-order chi connectivity index (χ0) is 15.0. The van der Waals surface area contributed by atoms with Crippen molar-refractivity contribution in [3.8, 4) is 0 Å². The third-order valence-corrected chi connectivity index (χ3v) is 2.69. The highest BCUT2D eigenvalue weighted by molar-refractivity contribution is 6.04. The number of carbonyl (C=O) groups excluding carboxylic acids is 2. The summed E-state index contributed by atoms with van der Waals surface area (Å²) in [5, 5.41) is 0. The Morgan fingerprint density at radius 1 is 1.37 bits per heavy atom. The van der Waals surface area contributed by atoms with Gasteiger partial charge in [-0.25, -0.2) is 4.79 Å². The molecule has 5 heteroatoms. The molecule has 0 radical (unpaired) electrons. The maximum atomic E-state index is 12.3. The van der Waals surface area contributed by atoms with E-state index in [1.807, 2.05) is 48.7 Å². The summed E-state index contributed by atoms with van der Waals surface area (Å²) in [6.45, 7) is 9.45.